The van der Waals surface area contributed by atoms with E-state index in [1.54, 1.807) is 0 Å². The van der Waals surface area contributed by atoms with Crippen LogP contribution in [0.4, 0.5) is 18.2 Å². The van der Waals surface area contributed by atoms with Gasteiger partial charge in [-0.3, -0.25) is 14.4 Å². The van der Waals surface area contributed by atoms with Gasteiger partial charge in [-0.05, 0) is 42.9 Å². The summed E-state index contributed by atoms with van der Waals surface area (Å²) in [6.07, 6.45) is -2.43. The minimum Gasteiger partial charge on any atom is -0.454 e. The fourth-order valence-corrected chi connectivity index (χ4v) is 5.47. The summed E-state index contributed by atoms with van der Waals surface area (Å²) in [6, 6.07) is 5.86. The molecule has 3 N–H and O–H groups in total. The van der Waals surface area contributed by atoms with Gasteiger partial charge in [-0.25, -0.2) is 4.98 Å². The second-order valence-electron chi connectivity index (χ2n) is 8.14. The van der Waals surface area contributed by atoms with Crippen molar-refractivity contribution in [2.45, 2.75) is 38.9 Å². The van der Waals surface area contributed by atoms with Crippen molar-refractivity contribution in [1.29, 1.82) is 0 Å². The Balaban J connectivity index is 1.44. The Bertz CT molecular complexity index is 1280. The highest BCUT2D eigenvalue weighted by atomic mass is 32.1. The SMILES string of the molecule is C[C@H]1CCc2c(sc(NC(=O)COC(=O)Cn3c(C(F)(F)F)nc4ccccc43)c2C(N)=O)C1. The number of nitrogens with zero attached hydrogens (tertiary/aromatic N) is 2. The van der Waals surface area contributed by atoms with Crippen molar-refractivity contribution in [3.63, 3.8) is 0 Å². The number of para-hydroxylation sites is 2. The van der Waals surface area contributed by atoms with Gasteiger partial charge in [0.25, 0.3) is 11.8 Å². The van der Waals surface area contributed by atoms with Crippen molar-refractivity contribution in [3.8, 4) is 0 Å². The summed E-state index contributed by atoms with van der Waals surface area (Å²) in [5.74, 6) is -3.23. The molecule has 0 saturated heterocycles. The standard InChI is InChI=1S/C22H21F3N4O4S/c1-11-6-7-12-15(8-11)34-20(18(12)19(26)32)28-16(30)10-33-17(31)9-29-14-5-3-2-4-13(14)27-21(29)22(23,24)25/h2-5,11H,6-10H2,1H3,(H2,26,32)(H,28,30)/t11-/m0/s1. The summed E-state index contributed by atoms with van der Waals surface area (Å²) in [6.45, 7) is 0.586. The van der Waals surface area contributed by atoms with Crippen LogP contribution < -0.4 is 11.1 Å². The minimum atomic E-state index is -4.78. The van der Waals surface area contributed by atoms with E-state index in [2.05, 4.69) is 17.2 Å². The number of carbonyl (C=O) groups excluding carboxylic acids is 3. The number of nitrogens with one attached hydrogen (secondary N) is 1. The van der Waals surface area contributed by atoms with Crippen LogP contribution >= 0.6 is 11.3 Å². The molecule has 0 saturated carbocycles. The zero-order valence-corrected chi connectivity index (χ0v) is 18.9. The number of benzene rings is 1. The maximum absolute atomic E-state index is 13.4. The van der Waals surface area contributed by atoms with Crippen LogP contribution in [-0.4, -0.2) is 33.9 Å². The zero-order chi connectivity index (χ0) is 24.6. The number of amides is 2. The molecule has 1 aromatic carbocycles. The Morgan fingerprint density at radius 1 is 1.29 bits per heavy atom. The average molecular weight is 494 g/mol. The number of carbonyl (C=O) groups is 3. The van der Waals surface area contributed by atoms with Crippen LogP contribution in [0.3, 0.4) is 0 Å². The number of nitrogens with two attached hydrogens (primary N) is 1. The number of anilines is 1. The fourth-order valence-electron chi connectivity index (χ4n) is 4.03. The van der Waals surface area contributed by atoms with Crippen molar-refractivity contribution < 1.29 is 32.3 Å². The molecule has 2 heterocycles. The van der Waals surface area contributed by atoms with Gasteiger partial charge in [-0.1, -0.05) is 19.1 Å². The van der Waals surface area contributed by atoms with Crippen molar-refractivity contribution in [2.75, 3.05) is 11.9 Å². The van der Waals surface area contributed by atoms with Crippen LogP contribution in [0.15, 0.2) is 24.3 Å². The number of ether oxygens (including phenoxy) is 1. The first-order chi connectivity index (χ1) is 16.0. The molecule has 1 aliphatic rings. The van der Waals surface area contributed by atoms with Gasteiger partial charge in [0.1, 0.15) is 11.5 Å². The van der Waals surface area contributed by atoms with Gasteiger partial charge < -0.3 is 20.4 Å². The zero-order valence-electron chi connectivity index (χ0n) is 18.1. The van der Waals surface area contributed by atoms with E-state index in [1.165, 1.54) is 35.6 Å². The number of thiophene rings is 1. The Morgan fingerprint density at radius 3 is 2.74 bits per heavy atom. The maximum Gasteiger partial charge on any atom is 0.449 e. The largest absolute Gasteiger partial charge is 0.454 e. The third-order valence-electron chi connectivity index (χ3n) is 5.57. The van der Waals surface area contributed by atoms with Gasteiger partial charge in [0.15, 0.2) is 6.61 Å². The lowest BCUT2D eigenvalue weighted by Gasteiger charge is -2.18. The lowest BCUT2D eigenvalue weighted by atomic mass is 9.88. The lowest BCUT2D eigenvalue weighted by molar-refractivity contribution is -0.152. The molecule has 0 radical (unpaired) electrons. The van der Waals surface area contributed by atoms with E-state index in [4.69, 9.17) is 10.5 Å². The number of imidazole rings is 1. The highest BCUT2D eigenvalue weighted by Gasteiger charge is 2.38. The second-order valence-corrected chi connectivity index (χ2v) is 9.24. The first-order valence-corrected chi connectivity index (χ1v) is 11.3. The third kappa shape index (κ3) is 4.76. The predicted molar refractivity (Wildman–Crippen MR) is 118 cm³/mol. The molecule has 2 aromatic heterocycles. The molecule has 4 rings (SSSR count). The molecular formula is C22H21F3N4O4S. The van der Waals surface area contributed by atoms with E-state index >= 15 is 0 Å². The number of alkyl halides is 3. The van der Waals surface area contributed by atoms with Crippen molar-refractivity contribution >= 4 is 45.2 Å². The molecule has 12 heteroatoms. The van der Waals surface area contributed by atoms with Crippen LogP contribution in [0.1, 0.15) is 40.0 Å². The van der Waals surface area contributed by atoms with E-state index in [1.807, 2.05) is 0 Å². The number of fused-ring (bicyclic) bond motifs is 2. The Kier molecular flexibility index (Phi) is 6.34. The smallest absolute Gasteiger partial charge is 0.449 e. The number of hydrogen-bond acceptors (Lipinski definition) is 6. The van der Waals surface area contributed by atoms with Crippen LogP contribution in [0.25, 0.3) is 11.0 Å². The topological polar surface area (TPSA) is 116 Å². The molecule has 0 spiro atoms. The molecular weight excluding hydrogens is 473 g/mol. The highest BCUT2D eigenvalue weighted by molar-refractivity contribution is 7.17. The summed E-state index contributed by atoms with van der Waals surface area (Å²) in [4.78, 5) is 41.2. The van der Waals surface area contributed by atoms with E-state index < -0.39 is 42.9 Å². The monoisotopic (exact) mass is 494 g/mol. The van der Waals surface area contributed by atoms with Gasteiger partial charge in [-0.2, -0.15) is 13.2 Å². The average Bonchev–Trinajstić information content (AvgIpc) is 3.30. The first-order valence-electron chi connectivity index (χ1n) is 10.5. The molecule has 180 valence electrons. The van der Waals surface area contributed by atoms with E-state index in [-0.39, 0.29) is 21.6 Å². The number of halogens is 3. The predicted octanol–water partition coefficient (Wildman–Crippen LogP) is 3.52. The molecule has 0 aliphatic heterocycles. The number of hydrogen-bond donors (Lipinski definition) is 2. The third-order valence-corrected chi connectivity index (χ3v) is 6.74. The number of aromatic nitrogens is 2. The normalized spacial score (nSPS) is 15.7. The summed E-state index contributed by atoms with van der Waals surface area (Å²) < 4.78 is 45.8. The molecule has 2 amide bonds. The number of rotatable bonds is 6. The maximum atomic E-state index is 13.4. The van der Waals surface area contributed by atoms with Gasteiger partial charge in [-0.15, -0.1) is 11.3 Å². The van der Waals surface area contributed by atoms with Gasteiger partial charge in [0.2, 0.25) is 5.82 Å². The summed E-state index contributed by atoms with van der Waals surface area (Å²) in [5.41, 5.74) is 6.79. The van der Waals surface area contributed by atoms with Gasteiger partial charge in [0, 0.05) is 4.88 Å². The molecule has 1 atom stereocenters. The highest BCUT2D eigenvalue weighted by Crippen LogP contribution is 2.39. The van der Waals surface area contributed by atoms with Crippen molar-refractivity contribution in [1.82, 2.24) is 9.55 Å². The summed E-state index contributed by atoms with van der Waals surface area (Å²) in [5, 5.41) is 2.83. The molecule has 3 aromatic rings. The summed E-state index contributed by atoms with van der Waals surface area (Å²) in [7, 11) is 0. The first kappa shape index (κ1) is 23.7. The van der Waals surface area contributed by atoms with Crippen LogP contribution in [-0.2, 0) is 39.9 Å². The summed E-state index contributed by atoms with van der Waals surface area (Å²) >= 11 is 1.26. The van der Waals surface area contributed by atoms with E-state index in [9.17, 15) is 27.6 Å². The molecule has 0 bridgehead atoms. The molecule has 34 heavy (non-hydrogen) atoms. The fraction of sp³-hybridized carbons (Fsp3) is 0.364. The lowest BCUT2D eigenvalue weighted by Crippen LogP contribution is -2.25. The van der Waals surface area contributed by atoms with Gasteiger partial charge >= 0.3 is 12.1 Å². The van der Waals surface area contributed by atoms with E-state index in [0.717, 1.165) is 23.3 Å². The van der Waals surface area contributed by atoms with Crippen LogP contribution in [0.2, 0.25) is 0 Å². The number of primary amides is 1. The van der Waals surface area contributed by atoms with E-state index in [0.29, 0.717) is 16.9 Å². The minimum absolute atomic E-state index is 0.0790. The number of esters is 1. The second kappa shape index (κ2) is 9.09. The molecule has 0 unspecified atom stereocenters. The van der Waals surface area contributed by atoms with Crippen LogP contribution in [0.5, 0.6) is 0 Å². The van der Waals surface area contributed by atoms with Crippen LogP contribution in [0, 0.1) is 5.92 Å². The molecule has 1 aliphatic carbocycles. The Morgan fingerprint density at radius 2 is 2.03 bits per heavy atom. The Hall–Kier alpha value is -3.41. The van der Waals surface area contributed by atoms with Gasteiger partial charge in [0.05, 0.1) is 16.6 Å². The molecule has 0 fully saturated rings. The quantitative estimate of drug-likeness (QED) is 0.509. The van der Waals surface area contributed by atoms with Crippen molar-refractivity contribution in [3.05, 3.63) is 46.1 Å². The van der Waals surface area contributed by atoms with Crippen molar-refractivity contribution in [2.24, 2.45) is 11.7 Å². The molecule has 8 nitrogen and oxygen atoms in total. The Labute approximate surface area is 195 Å².